The Morgan fingerprint density at radius 2 is 0.824 bits per heavy atom. The van der Waals surface area contributed by atoms with Crippen LogP contribution in [0.4, 0.5) is 0 Å². The van der Waals surface area contributed by atoms with Gasteiger partial charge in [-0.25, -0.2) is 0 Å². The molecule has 0 radical (unpaired) electrons. The Morgan fingerprint density at radius 1 is 0.255 bits per heavy atom. The predicted octanol–water partition coefficient (Wildman–Crippen LogP) is 14.4. The largest absolute Gasteiger partial charge is 0.455 e. The van der Waals surface area contributed by atoms with E-state index >= 15 is 0 Å². The molecule has 0 saturated carbocycles. The molecule has 0 N–H and O–H groups in total. The molecule has 0 fully saturated rings. The van der Waals surface area contributed by atoms with Gasteiger partial charge in [-0.15, -0.1) is 0 Å². The predicted molar refractivity (Wildman–Crippen MR) is 218 cm³/mol. The van der Waals surface area contributed by atoms with Crippen LogP contribution in [-0.2, 0) is 0 Å². The van der Waals surface area contributed by atoms with E-state index in [9.17, 15) is 0 Å². The third-order valence-corrected chi connectivity index (χ3v) is 11.4. The number of hydrogen-bond donors (Lipinski definition) is 0. The van der Waals surface area contributed by atoms with Gasteiger partial charge in [0.05, 0.1) is 0 Å². The maximum atomic E-state index is 7.07. The van der Waals surface area contributed by atoms with Crippen molar-refractivity contribution in [2.24, 2.45) is 0 Å². The minimum atomic E-state index is 0.924. The topological polar surface area (TPSA) is 13.1 Å². The van der Waals surface area contributed by atoms with Gasteiger partial charge in [0.1, 0.15) is 11.2 Å². The van der Waals surface area contributed by atoms with E-state index in [1.807, 2.05) is 0 Å². The van der Waals surface area contributed by atoms with E-state index in [4.69, 9.17) is 4.42 Å². The number of rotatable bonds is 2. The molecule has 12 aromatic rings. The maximum Gasteiger partial charge on any atom is 0.143 e. The minimum Gasteiger partial charge on any atom is -0.455 e. The van der Waals surface area contributed by atoms with Crippen molar-refractivity contribution in [3.63, 3.8) is 0 Å². The van der Waals surface area contributed by atoms with Crippen LogP contribution in [0.5, 0.6) is 0 Å². The van der Waals surface area contributed by atoms with Gasteiger partial charge in [0.15, 0.2) is 0 Å². The molecule has 1 nitrogen and oxygen atoms in total. The lowest BCUT2D eigenvalue weighted by molar-refractivity contribution is 0.674. The quantitative estimate of drug-likeness (QED) is 0.171. The van der Waals surface area contributed by atoms with Gasteiger partial charge in [0.2, 0.25) is 0 Å². The number of hydrogen-bond acceptors (Lipinski definition) is 1. The Bertz CT molecular complexity index is 3400. The van der Waals surface area contributed by atoms with Crippen LogP contribution >= 0.6 is 0 Å². The minimum absolute atomic E-state index is 0.924. The van der Waals surface area contributed by atoms with Gasteiger partial charge >= 0.3 is 0 Å². The lowest BCUT2D eigenvalue weighted by atomic mass is 9.87. The van der Waals surface area contributed by atoms with Crippen LogP contribution < -0.4 is 0 Å². The molecule has 1 heteroatoms. The Morgan fingerprint density at radius 3 is 1.65 bits per heavy atom. The normalized spacial score (nSPS) is 12.3. The summed E-state index contributed by atoms with van der Waals surface area (Å²) in [5, 5.41) is 19.9. The molecule has 0 saturated heterocycles. The van der Waals surface area contributed by atoms with Gasteiger partial charge in [-0.1, -0.05) is 146 Å². The first kappa shape index (κ1) is 27.2. The van der Waals surface area contributed by atoms with Crippen LogP contribution in [0.1, 0.15) is 0 Å². The molecule has 0 amide bonds. The zero-order valence-electron chi connectivity index (χ0n) is 27.6. The second-order valence-electron chi connectivity index (χ2n) is 14.0. The summed E-state index contributed by atoms with van der Waals surface area (Å²) >= 11 is 0. The summed E-state index contributed by atoms with van der Waals surface area (Å²) in [6, 6.07) is 62.7. The summed E-state index contributed by atoms with van der Waals surface area (Å²) in [6.07, 6.45) is 0. The Kier molecular flexibility index (Phi) is 5.29. The number of benzene rings is 11. The van der Waals surface area contributed by atoms with Gasteiger partial charge in [-0.3, -0.25) is 0 Å². The first-order valence-electron chi connectivity index (χ1n) is 17.7. The molecule has 11 aromatic carbocycles. The molecule has 51 heavy (non-hydrogen) atoms. The number of furan rings is 1. The second-order valence-corrected chi connectivity index (χ2v) is 14.0. The van der Waals surface area contributed by atoms with E-state index in [1.54, 1.807) is 0 Å². The molecule has 0 atom stereocenters. The van der Waals surface area contributed by atoms with E-state index < -0.39 is 0 Å². The highest BCUT2D eigenvalue weighted by molar-refractivity contribution is 6.27. The number of fused-ring (bicyclic) bond motifs is 10. The summed E-state index contributed by atoms with van der Waals surface area (Å²) in [7, 11) is 0. The van der Waals surface area contributed by atoms with Crippen LogP contribution in [0.25, 0.3) is 120 Å². The van der Waals surface area contributed by atoms with Crippen molar-refractivity contribution in [3.05, 3.63) is 170 Å². The van der Waals surface area contributed by atoms with Gasteiger partial charge in [-0.2, -0.15) is 0 Å². The Balaban J connectivity index is 1.26. The van der Waals surface area contributed by atoms with E-state index in [0.29, 0.717) is 0 Å². The second kappa shape index (κ2) is 9.94. The molecule has 234 valence electrons. The molecule has 1 heterocycles. The van der Waals surface area contributed by atoms with Crippen LogP contribution in [0.3, 0.4) is 0 Å². The molecule has 0 aliphatic rings. The summed E-state index contributed by atoms with van der Waals surface area (Å²) in [5.74, 6) is 0. The highest BCUT2D eigenvalue weighted by Gasteiger charge is 2.21. The monoisotopic (exact) mass is 644 g/mol. The molecule has 0 unspecified atom stereocenters. The molecule has 0 aliphatic heterocycles. The van der Waals surface area contributed by atoms with Crippen LogP contribution in [0.2, 0.25) is 0 Å². The van der Waals surface area contributed by atoms with Crippen molar-refractivity contribution in [2.75, 3.05) is 0 Å². The third-order valence-electron chi connectivity index (χ3n) is 11.4. The van der Waals surface area contributed by atoms with Crippen molar-refractivity contribution < 1.29 is 4.42 Å². The van der Waals surface area contributed by atoms with E-state index in [-0.39, 0.29) is 0 Å². The zero-order chi connectivity index (χ0) is 33.2. The molecular weight excluding hydrogens is 617 g/mol. The fraction of sp³-hybridized carbons (Fsp3) is 0. The fourth-order valence-corrected chi connectivity index (χ4v) is 9.03. The highest BCUT2D eigenvalue weighted by atomic mass is 16.3. The van der Waals surface area contributed by atoms with Gasteiger partial charge in [-0.05, 0) is 111 Å². The van der Waals surface area contributed by atoms with Gasteiger partial charge in [0, 0.05) is 21.7 Å². The lowest BCUT2D eigenvalue weighted by Gasteiger charge is -2.16. The first-order valence-corrected chi connectivity index (χ1v) is 17.7. The van der Waals surface area contributed by atoms with E-state index in [1.165, 1.54) is 86.7 Å². The Labute approximate surface area is 292 Å². The van der Waals surface area contributed by atoms with Crippen molar-refractivity contribution in [2.45, 2.75) is 0 Å². The van der Waals surface area contributed by atoms with Crippen molar-refractivity contribution in [3.8, 4) is 22.3 Å². The molecule has 1 aromatic heterocycles. The van der Waals surface area contributed by atoms with Gasteiger partial charge < -0.3 is 4.42 Å². The summed E-state index contributed by atoms with van der Waals surface area (Å²) in [4.78, 5) is 0. The average molecular weight is 645 g/mol. The van der Waals surface area contributed by atoms with Crippen molar-refractivity contribution >= 4 is 97.3 Å². The SMILES string of the molecule is c1ccc2c(c1)ccc1c3ccccc3c(-c3cc(-c4ccc5ccc6cccc7ccc4c5c67)cc4c3oc3c5ccccc5ccc43)cc21. The molecule has 12 rings (SSSR count). The van der Waals surface area contributed by atoms with Crippen LogP contribution in [-0.4, -0.2) is 0 Å². The van der Waals surface area contributed by atoms with E-state index in [2.05, 4.69) is 170 Å². The standard InChI is InChI=1S/C50H28O/c1-3-12-35-29(8-1)18-23-40-38-14-5-6-15-39(38)44(28-43(35)40)46-27-34(26-45-42-25-19-30-9-2-4-13-37(30)49(42)51-50(45)46)36-22-20-33-17-16-31-10-7-11-32-21-24-41(36)48(33)47(31)32/h1-28H. The van der Waals surface area contributed by atoms with E-state index in [0.717, 1.165) is 32.9 Å². The molecule has 0 aliphatic carbocycles. The summed E-state index contributed by atoms with van der Waals surface area (Å²) < 4.78 is 7.07. The van der Waals surface area contributed by atoms with Crippen LogP contribution in [0, 0.1) is 0 Å². The maximum absolute atomic E-state index is 7.07. The summed E-state index contributed by atoms with van der Waals surface area (Å²) in [5.41, 5.74) is 6.57. The molecule has 0 spiro atoms. The van der Waals surface area contributed by atoms with Gasteiger partial charge in [0.25, 0.3) is 0 Å². The smallest absolute Gasteiger partial charge is 0.143 e. The van der Waals surface area contributed by atoms with Crippen molar-refractivity contribution in [1.82, 2.24) is 0 Å². The zero-order valence-corrected chi connectivity index (χ0v) is 27.6. The summed E-state index contributed by atoms with van der Waals surface area (Å²) in [6.45, 7) is 0. The lowest BCUT2D eigenvalue weighted by Crippen LogP contribution is -1.90. The first-order chi connectivity index (χ1) is 25.3. The Hall–Kier alpha value is -6.70. The van der Waals surface area contributed by atoms with Crippen molar-refractivity contribution in [1.29, 1.82) is 0 Å². The highest BCUT2D eigenvalue weighted by Crippen LogP contribution is 2.47. The average Bonchev–Trinajstić information content (AvgIpc) is 3.58. The molecule has 0 bridgehead atoms. The van der Waals surface area contributed by atoms with Crippen LogP contribution in [0.15, 0.2) is 174 Å². The molecular formula is C50H28O. The fourth-order valence-electron chi connectivity index (χ4n) is 9.03. The third kappa shape index (κ3) is 3.70.